The monoisotopic (exact) mass is 210 g/mol. The van der Waals surface area contributed by atoms with Crippen LogP contribution in [0, 0.1) is 11.3 Å². The summed E-state index contributed by atoms with van der Waals surface area (Å²) in [5.41, 5.74) is 7.13. The van der Waals surface area contributed by atoms with Crippen LogP contribution >= 0.6 is 0 Å². The van der Waals surface area contributed by atoms with Crippen molar-refractivity contribution >= 4 is 17.2 Å². The van der Waals surface area contributed by atoms with E-state index in [1.165, 1.54) is 0 Å². The second kappa shape index (κ2) is 4.32. The standard InChI is InChI=1S/C12H10N4/c13-8-11-10(14)6-7-12(16-11)15-9-4-2-1-3-5-9/h1-7H,14H2,(H,15,16). The van der Waals surface area contributed by atoms with Gasteiger partial charge in [0.1, 0.15) is 11.9 Å². The Kier molecular flexibility index (Phi) is 2.70. The first-order chi connectivity index (χ1) is 7.79. The molecular formula is C12H10N4. The molecule has 0 atom stereocenters. The molecule has 78 valence electrons. The van der Waals surface area contributed by atoms with Gasteiger partial charge in [-0.15, -0.1) is 0 Å². The van der Waals surface area contributed by atoms with Crippen LogP contribution in [0.2, 0.25) is 0 Å². The molecule has 2 aromatic rings. The van der Waals surface area contributed by atoms with E-state index in [-0.39, 0.29) is 5.69 Å². The molecule has 0 spiro atoms. The number of aromatic nitrogens is 1. The first kappa shape index (κ1) is 9.99. The van der Waals surface area contributed by atoms with Gasteiger partial charge in [0.2, 0.25) is 0 Å². The number of pyridine rings is 1. The number of anilines is 3. The van der Waals surface area contributed by atoms with E-state index in [2.05, 4.69) is 10.3 Å². The molecule has 0 aliphatic heterocycles. The van der Waals surface area contributed by atoms with Crippen molar-refractivity contribution in [2.24, 2.45) is 0 Å². The van der Waals surface area contributed by atoms with E-state index < -0.39 is 0 Å². The zero-order valence-corrected chi connectivity index (χ0v) is 8.51. The molecule has 0 radical (unpaired) electrons. The fourth-order valence-corrected chi connectivity index (χ4v) is 1.30. The smallest absolute Gasteiger partial charge is 0.165 e. The van der Waals surface area contributed by atoms with Crippen LogP contribution < -0.4 is 11.1 Å². The summed E-state index contributed by atoms with van der Waals surface area (Å²) in [6.07, 6.45) is 0. The van der Waals surface area contributed by atoms with Gasteiger partial charge in [-0.05, 0) is 24.3 Å². The van der Waals surface area contributed by atoms with E-state index in [0.717, 1.165) is 5.69 Å². The number of benzene rings is 1. The fourth-order valence-electron chi connectivity index (χ4n) is 1.30. The van der Waals surface area contributed by atoms with Gasteiger partial charge in [-0.2, -0.15) is 5.26 Å². The quantitative estimate of drug-likeness (QED) is 0.797. The predicted octanol–water partition coefficient (Wildman–Crippen LogP) is 2.28. The van der Waals surface area contributed by atoms with Crippen LogP contribution in [-0.2, 0) is 0 Å². The second-order valence-corrected chi connectivity index (χ2v) is 3.24. The van der Waals surface area contributed by atoms with Crippen molar-refractivity contribution in [3.63, 3.8) is 0 Å². The lowest BCUT2D eigenvalue weighted by Gasteiger charge is -2.06. The van der Waals surface area contributed by atoms with Gasteiger partial charge in [0.15, 0.2) is 5.69 Å². The SMILES string of the molecule is N#Cc1nc(Nc2ccccc2)ccc1N. The molecule has 0 aliphatic rings. The van der Waals surface area contributed by atoms with E-state index in [1.807, 2.05) is 36.4 Å². The summed E-state index contributed by atoms with van der Waals surface area (Å²) in [7, 11) is 0. The van der Waals surface area contributed by atoms with Crippen molar-refractivity contribution in [1.29, 1.82) is 5.26 Å². The Morgan fingerprint density at radius 2 is 1.88 bits per heavy atom. The first-order valence-electron chi connectivity index (χ1n) is 4.78. The molecule has 1 aromatic carbocycles. The second-order valence-electron chi connectivity index (χ2n) is 3.24. The molecule has 0 bridgehead atoms. The summed E-state index contributed by atoms with van der Waals surface area (Å²) >= 11 is 0. The Morgan fingerprint density at radius 3 is 2.56 bits per heavy atom. The van der Waals surface area contributed by atoms with Crippen molar-refractivity contribution in [2.45, 2.75) is 0 Å². The average Bonchev–Trinajstić information content (AvgIpc) is 2.33. The summed E-state index contributed by atoms with van der Waals surface area (Å²) in [5, 5.41) is 11.9. The van der Waals surface area contributed by atoms with Crippen molar-refractivity contribution in [3.8, 4) is 6.07 Å². The lowest BCUT2D eigenvalue weighted by molar-refractivity contribution is 1.26. The molecule has 3 N–H and O–H groups in total. The van der Waals surface area contributed by atoms with Gasteiger partial charge in [0, 0.05) is 5.69 Å². The van der Waals surface area contributed by atoms with E-state index in [1.54, 1.807) is 12.1 Å². The largest absolute Gasteiger partial charge is 0.396 e. The number of nitrogen functional groups attached to an aromatic ring is 1. The minimum atomic E-state index is 0.237. The third kappa shape index (κ3) is 2.10. The summed E-state index contributed by atoms with van der Waals surface area (Å²) in [6, 6.07) is 15.0. The van der Waals surface area contributed by atoms with Crippen molar-refractivity contribution in [2.75, 3.05) is 11.1 Å². The highest BCUT2D eigenvalue weighted by molar-refractivity contribution is 5.60. The fraction of sp³-hybridized carbons (Fsp3) is 0. The van der Waals surface area contributed by atoms with Crippen molar-refractivity contribution < 1.29 is 0 Å². The van der Waals surface area contributed by atoms with Crippen LogP contribution in [0.15, 0.2) is 42.5 Å². The van der Waals surface area contributed by atoms with Gasteiger partial charge in [-0.3, -0.25) is 0 Å². The Labute approximate surface area is 93.4 Å². The Hall–Kier alpha value is -2.54. The number of nitriles is 1. The predicted molar refractivity (Wildman–Crippen MR) is 63.1 cm³/mol. The topological polar surface area (TPSA) is 74.7 Å². The molecule has 4 nitrogen and oxygen atoms in total. The maximum absolute atomic E-state index is 8.79. The number of nitrogens with zero attached hydrogens (tertiary/aromatic N) is 2. The van der Waals surface area contributed by atoms with Crippen LogP contribution in [0.4, 0.5) is 17.2 Å². The number of nitrogens with two attached hydrogens (primary N) is 1. The van der Waals surface area contributed by atoms with Crippen molar-refractivity contribution in [1.82, 2.24) is 4.98 Å². The van der Waals surface area contributed by atoms with Gasteiger partial charge in [-0.25, -0.2) is 4.98 Å². The number of nitrogens with one attached hydrogen (secondary N) is 1. The van der Waals surface area contributed by atoms with Gasteiger partial charge < -0.3 is 11.1 Å². The zero-order chi connectivity index (χ0) is 11.4. The number of para-hydroxylation sites is 1. The van der Waals surface area contributed by atoms with Crippen LogP contribution in [0.25, 0.3) is 0 Å². The molecule has 4 heteroatoms. The number of hydrogen-bond donors (Lipinski definition) is 2. The highest BCUT2D eigenvalue weighted by atomic mass is 15.0. The molecule has 0 saturated heterocycles. The zero-order valence-electron chi connectivity index (χ0n) is 8.51. The van der Waals surface area contributed by atoms with Crippen LogP contribution in [0.1, 0.15) is 5.69 Å². The molecule has 2 rings (SSSR count). The lowest BCUT2D eigenvalue weighted by Crippen LogP contribution is -1.98. The van der Waals surface area contributed by atoms with Crippen LogP contribution in [0.3, 0.4) is 0 Å². The van der Waals surface area contributed by atoms with Gasteiger partial charge in [-0.1, -0.05) is 18.2 Å². The molecule has 0 fully saturated rings. The number of hydrogen-bond acceptors (Lipinski definition) is 4. The van der Waals surface area contributed by atoms with E-state index >= 15 is 0 Å². The van der Waals surface area contributed by atoms with Crippen molar-refractivity contribution in [3.05, 3.63) is 48.2 Å². The Balaban J connectivity index is 2.27. The van der Waals surface area contributed by atoms with Crippen LogP contribution in [0.5, 0.6) is 0 Å². The lowest BCUT2D eigenvalue weighted by atomic mass is 10.3. The number of rotatable bonds is 2. The highest BCUT2D eigenvalue weighted by Gasteiger charge is 2.01. The Bertz CT molecular complexity index is 528. The average molecular weight is 210 g/mol. The van der Waals surface area contributed by atoms with Gasteiger partial charge in [0.25, 0.3) is 0 Å². The summed E-state index contributed by atoms with van der Waals surface area (Å²) in [6.45, 7) is 0. The maximum Gasteiger partial charge on any atom is 0.165 e. The third-order valence-electron chi connectivity index (χ3n) is 2.08. The molecule has 0 amide bonds. The van der Waals surface area contributed by atoms with E-state index in [4.69, 9.17) is 11.0 Å². The van der Waals surface area contributed by atoms with Gasteiger partial charge in [0.05, 0.1) is 5.69 Å². The molecule has 16 heavy (non-hydrogen) atoms. The molecular weight excluding hydrogens is 200 g/mol. The van der Waals surface area contributed by atoms with E-state index in [0.29, 0.717) is 11.5 Å². The Morgan fingerprint density at radius 1 is 1.12 bits per heavy atom. The third-order valence-corrected chi connectivity index (χ3v) is 2.08. The first-order valence-corrected chi connectivity index (χ1v) is 4.78. The minimum Gasteiger partial charge on any atom is -0.396 e. The maximum atomic E-state index is 8.79. The summed E-state index contributed by atoms with van der Waals surface area (Å²) in [5.74, 6) is 0.608. The highest BCUT2D eigenvalue weighted by Crippen LogP contribution is 2.16. The molecule has 0 saturated carbocycles. The molecule has 0 aliphatic carbocycles. The summed E-state index contributed by atoms with van der Waals surface area (Å²) < 4.78 is 0. The van der Waals surface area contributed by atoms with Gasteiger partial charge >= 0.3 is 0 Å². The minimum absolute atomic E-state index is 0.237. The van der Waals surface area contributed by atoms with Crippen LogP contribution in [-0.4, -0.2) is 4.98 Å². The summed E-state index contributed by atoms with van der Waals surface area (Å²) in [4.78, 5) is 4.09. The molecule has 1 aromatic heterocycles. The molecule has 0 unspecified atom stereocenters. The normalized spacial score (nSPS) is 9.44. The van der Waals surface area contributed by atoms with E-state index in [9.17, 15) is 0 Å². The molecule has 1 heterocycles.